The van der Waals surface area contributed by atoms with E-state index in [2.05, 4.69) is 10.1 Å². The Morgan fingerprint density at radius 1 is 1.41 bits per heavy atom. The second-order valence-electron chi connectivity index (χ2n) is 5.90. The highest BCUT2D eigenvalue weighted by atomic mass is 35.5. The average molecular weight is 421 g/mol. The molecule has 0 aromatic carbocycles. The Morgan fingerprint density at radius 3 is 2.74 bits per heavy atom. The number of thioether (sulfide) groups is 1. The van der Waals surface area contributed by atoms with Gasteiger partial charge in [-0.05, 0) is 38.2 Å². The van der Waals surface area contributed by atoms with Gasteiger partial charge in [-0.25, -0.2) is 4.68 Å². The number of rotatable bonds is 8. The molecule has 0 saturated carbocycles. The Balaban J connectivity index is 2.22. The number of amides is 1. The van der Waals surface area contributed by atoms with Gasteiger partial charge in [0.05, 0.1) is 23.3 Å². The topological polar surface area (TPSA) is 51.0 Å². The largest absolute Gasteiger partial charge is 0.389 e. The Labute approximate surface area is 164 Å². The van der Waals surface area contributed by atoms with E-state index in [0.717, 1.165) is 0 Å². The van der Waals surface area contributed by atoms with Crippen molar-refractivity contribution in [3.63, 3.8) is 0 Å². The van der Waals surface area contributed by atoms with Gasteiger partial charge in [-0.3, -0.25) is 9.78 Å². The maximum absolute atomic E-state index is 12.7. The van der Waals surface area contributed by atoms with Gasteiger partial charge in [0.15, 0.2) is 5.15 Å². The standard InChI is InChI=1S/C17H20ClF3N4OS/c1-12(27-2)16(26)24(9-4-3-7-17(19,20)21)14-11-25(23-15(14)18)13-6-5-8-22-10-13/h5-6,8,10-12H,3-4,7,9H2,1-2H3. The van der Waals surface area contributed by atoms with E-state index in [1.165, 1.54) is 21.3 Å². The molecular weight excluding hydrogens is 401 g/mol. The number of anilines is 1. The first-order valence-electron chi connectivity index (χ1n) is 8.29. The molecule has 0 N–H and O–H groups in total. The van der Waals surface area contributed by atoms with E-state index in [1.54, 1.807) is 43.9 Å². The van der Waals surface area contributed by atoms with Gasteiger partial charge >= 0.3 is 6.18 Å². The van der Waals surface area contributed by atoms with Crippen molar-refractivity contribution < 1.29 is 18.0 Å². The molecule has 2 aromatic heterocycles. The molecule has 0 saturated heterocycles. The maximum atomic E-state index is 12.7. The fraction of sp³-hybridized carbons (Fsp3) is 0.471. The summed E-state index contributed by atoms with van der Waals surface area (Å²) in [5.41, 5.74) is 1.03. The molecule has 0 radical (unpaired) electrons. The van der Waals surface area contributed by atoms with E-state index in [9.17, 15) is 18.0 Å². The molecule has 0 aliphatic carbocycles. The molecule has 0 aliphatic rings. The zero-order valence-electron chi connectivity index (χ0n) is 14.9. The fourth-order valence-corrected chi connectivity index (χ4v) is 2.97. The molecule has 148 valence electrons. The van der Waals surface area contributed by atoms with Gasteiger partial charge in [0.1, 0.15) is 5.69 Å². The molecule has 2 rings (SSSR count). The van der Waals surface area contributed by atoms with Crippen molar-refractivity contribution in [1.82, 2.24) is 14.8 Å². The summed E-state index contributed by atoms with van der Waals surface area (Å²) in [4.78, 5) is 18.2. The number of hydrogen-bond donors (Lipinski definition) is 0. The Kier molecular flexibility index (Phi) is 7.55. The lowest BCUT2D eigenvalue weighted by atomic mass is 10.2. The van der Waals surface area contributed by atoms with E-state index < -0.39 is 12.6 Å². The second-order valence-corrected chi connectivity index (χ2v) is 7.44. The lowest BCUT2D eigenvalue weighted by Gasteiger charge is -2.24. The molecule has 2 heterocycles. The predicted octanol–water partition coefficient (Wildman–Crippen LogP) is 4.74. The Bertz CT molecular complexity index is 754. The fourth-order valence-electron chi connectivity index (χ4n) is 2.41. The predicted molar refractivity (Wildman–Crippen MR) is 102 cm³/mol. The van der Waals surface area contributed by atoms with Crippen molar-refractivity contribution in [2.45, 2.75) is 37.6 Å². The number of carbonyl (C=O) groups is 1. The minimum atomic E-state index is -4.20. The van der Waals surface area contributed by atoms with Crippen molar-refractivity contribution in [3.05, 3.63) is 35.9 Å². The van der Waals surface area contributed by atoms with Crippen LogP contribution in [-0.4, -0.2) is 44.9 Å². The van der Waals surface area contributed by atoms with Crippen LogP contribution in [0, 0.1) is 0 Å². The monoisotopic (exact) mass is 420 g/mol. The molecule has 5 nitrogen and oxygen atoms in total. The third kappa shape index (κ3) is 6.14. The van der Waals surface area contributed by atoms with Crippen LogP contribution in [0.4, 0.5) is 18.9 Å². The number of nitrogens with zero attached hydrogens (tertiary/aromatic N) is 4. The van der Waals surface area contributed by atoms with E-state index in [0.29, 0.717) is 11.4 Å². The van der Waals surface area contributed by atoms with Gasteiger partial charge in [0, 0.05) is 19.2 Å². The molecular formula is C17H20ClF3N4OS. The molecule has 27 heavy (non-hydrogen) atoms. The quantitative estimate of drug-likeness (QED) is 0.579. The molecule has 0 spiro atoms. The highest BCUT2D eigenvalue weighted by molar-refractivity contribution is 7.99. The van der Waals surface area contributed by atoms with Gasteiger partial charge in [0.25, 0.3) is 0 Å². The molecule has 0 bridgehead atoms. The molecule has 1 unspecified atom stereocenters. The van der Waals surface area contributed by atoms with E-state index >= 15 is 0 Å². The minimum absolute atomic E-state index is 0.0602. The number of pyridine rings is 1. The van der Waals surface area contributed by atoms with Crippen LogP contribution in [0.1, 0.15) is 26.2 Å². The first-order chi connectivity index (χ1) is 12.7. The summed E-state index contributed by atoms with van der Waals surface area (Å²) < 4.78 is 38.6. The van der Waals surface area contributed by atoms with E-state index in [4.69, 9.17) is 11.6 Å². The molecule has 0 aliphatic heterocycles. The van der Waals surface area contributed by atoms with Crippen molar-refractivity contribution in [3.8, 4) is 5.69 Å². The van der Waals surface area contributed by atoms with Crippen molar-refractivity contribution in [2.24, 2.45) is 0 Å². The normalized spacial score (nSPS) is 12.8. The third-order valence-electron chi connectivity index (χ3n) is 3.91. The zero-order chi connectivity index (χ0) is 20.0. The van der Waals surface area contributed by atoms with Crippen molar-refractivity contribution in [2.75, 3.05) is 17.7 Å². The van der Waals surface area contributed by atoms with Crippen LogP contribution in [-0.2, 0) is 4.79 Å². The second kappa shape index (κ2) is 9.45. The molecule has 10 heteroatoms. The number of carbonyl (C=O) groups excluding carboxylic acids is 1. The third-order valence-corrected chi connectivity index (χ3v) is 5.09. The summed E-state index contributed by atoms with van der Waals surface area (Å²) in [6.07, 6.45) is 1.66. The summed E-state index contributed by atoms with van der Waals surface area (Å²) in [7, 11) is 0. The smallest absolute Gasteiger partial charge is 0.307 e. The van der Waals surface area contributed by atoms with Crippen molar-refractivity contribution in [1.29, 1.82) is 0 Å². The van der Waals surface area contributed by atoms with Crippen LogP contribution in [0.2, 0.25) is 5.15 Å². The Morgan fingerprint density at radius 2 is 2.15 bits per heavy atom. The van der Waals surface area contributed by atoms with E-state index in [1.807, 2.05) is 0 Å². The van der Waals surface area contributed by atoms with Gasteiger partial charge in [-0.1, -0.05) is 11.6 Å². The summed E-state index contributed by atoms with van der Waals surface area (Å²) in [6.45, 7) is 1.88. The lowest BCUT2D eigenvalue weighted by Crippen LogP contribution is -2.37. The van der Waals surface area contributed by atoms with Crippen LogP contribution in [0.15, 0.2) is 30.7 Å². The van der Waals surface area contributed by atoms with Crippen LogP contribution in [0.25, 0.3) is 5.69 Å². The minimum Gasteiger partial charge on any atom is -0.307 e. The van der Waals surface area contributed by atoms with Gasteiger partial charge in [-0.15, -0.1) is 0 Å². The first kappa shape index (κ1) is 21.6. The van der Waals surface area contributed by atoms with Crippen LogP contribution >= 0.6 is 23.4 Å². The highest BCUT2D eigenvalue weighted by Crippen LogP contribution is 2.29. The summed E-state index contributed by atoms with van der Waals surface area (Å²) in [5, 5.41) is 3.95. The maximum Gasteiger partial charge on any atom is 0.389 e. The molecule has 1 atom stereocenters. The van der Waals surface area contributed by atoms with Gasteiger partial charge in [-0.2, -0.15) is 30.0 Å². The Hall–Kier alpha value is -1.74. The van der Waals surface area contributed by atoms with E-state index in [-0.39, 0.29) is 35.7 Å². The first-order valence-corrected chi connectivity index (χ1v) is 9.96. The van der Waals surface area contributed by atoms with Gasteiger partial charge in [0.2, 0.25) is 5.91 Å². The van der Waals surface area contributed by atoms with Crippen molar-refractivity contribution >= 4 is 35.0 Å². The number of halogens is 4. The summed E-state index contributed by atoms with van der Waals surface area (Å²) in [6, 6.07) is 3.51. The number of aromatic nitrogens is 3. The highest BCUT2D eigenvalue weighted by Gasteiger charge is 2.28. The molecule has 0 fully saturated rings. The lowest BCUT2D eigenvalue weighted by molar-refractivity contribution is -0.135. The van der Waals surface area contributed by atoms with Crippen LogP contribution in [0.5, 0.6) is 0 Å². The number of unbranched alkanes of at least 4 members (excludes halogenated alkanes) is 1. The average Bonchev–Trinajstić information content (AvgIpc) is 3.02. The van der Waals surface area contributed by atoms with Crippen LogP contribution in [0.3, 0.4) is 0 Å². The summed E-state index contributed by atoms with van der Waals surface area (Å²) in [5.74, 6) is -0.220. The van der Waals surface area contributed by atoms with Crippen LogP contribution < -0.4 is 4.90 Å². The zero-order valence-corrected chi connectivity index (χ0v) is 16.5. The molecule has 1 amide bonds. The number of alkyl halides is 3. The van der Waals surface area contributed by atoms with Gasteiger partial charge < -0.3 is 4.90 Å². The SMILES string of the molecule is CSC(C)C(=O)N(CCCCC(F)(F)F)c1cn(-c2cccnc2)nc1Cl. The molecule has 2 aromatic rings. The number of hydrogen-bond acceptors (Lipinski definition) is 4. The summed E-state index contributed by atoms with van der Waals surface area (Å²) >= 11 is 7.59.